The highest BCUT2D eigenvalue weighted by atomic mass is 32.3. The van der Waals surface area contributed by atoms with Gasteiger partial charge in [-0.1, -0.05) is 0 Å². The quantitative estimate of drug-likeness (QED) is 0.791. The summed E-state index contributed by atoms with van der Waals surface area (Å²) in [7, 11) is -2.77. The van der Waals surface area contributed by atoms with Crippen molar-refractivity contribution < 1.29 is 17.1 Å². The summed E-state index contributed by atoms with van der Waals surface area (Å²) in [6.07, 6.45) is 1.60. The number of benzene rings is 1. The number of hydrogen-bond acceptors (Lipinski definition) is 3. The Morgan fingerprint density at radius 3 is 2.70 bits per heavy atom. The molecule has 1 saturated heterocycles. The van der Waals surface area contributed by atoms with E-state index in [9.17, 15) is 17.1 Å². The molecule has 1 atom stereocenters. The van der Waals surface area contributed by atoms with Crippen LogP contribution in [0, 0.1) is 0 Å². The zero-order valence-corrected chi connectivity index (χ0v) is 11.6. The van der Waals surface area contributed by atoms with Crippen LogP contribution in [0.1, 0.15) is 6.42 Å². The van der Waals surface area contributed by atoms with Gasteiger partial charge in [-0.25, -0.2) is 0 Å². The van der Waals surface area contributed by atoms with Gasteiger partial charge in [0.25, 0.3) is 0 Å². The highest BCUT2D eigenvalue weighted by Crippen LogP contribution is 2.28. The summed E-state index contributed by atoms with van der Waals surface area (Å²) >= 11 is 0. The molecule has 1 unspecified atom stereocenters. The van der Waals surface area contributed by atoms with E-state index in [1.54, 1.807) is 12.1 Å². The van der Waals surface area contributed by atoms with E-state index in [4.69, 9.17) is 0 Å². The minimum absolute atomic E-state index is 0.129. The normalized spacial score (nSPS) is 20.0. The number of aromatic nitrogens is 1. The number of hydrogen-bond donors (Lipinski definition) is 0. The summed E-state index contributed by atoms with van der Waals surface area (Å²) in [5, 5.41) is -0.314. The molecule has 7 heteroatoms. The maximum Gasteiger partial charge on any atom is 0.307 e. The Labute approximate surface area is 115 Å². The molecular weight excluding hydrogens is 283 g/mol. The van der Waals surface area contributed by atoms with Crippen molar-refractivity contribution >= 4 is 32.7 Å². The van der Waals surface area contributed by atoms with Crippen LogP contribution in [0.5, 0.6) is 0 Å². The number of amides is 1. The predicted octanol–water partition coefficient (Wildman–Crippen LogP) is 1.58. The number of anilines is 1. The Bertz CT molecular complexity index is 797. The minimum atomic E-state index is -4.68. The predicted molar refractivity (Wildman–Crippen MR) is 73.7 cm³/mol. The molecule has 0 N–H and O–H groups in total. The highest BCUT2D eigenvalue weighted by Gasteiger charge is 2.39. The van der Waals surface area contributed by atoms with Crippen molar-refractivity contribution in [1.29, 1.82) is 0 Å². The van der Waals surface area contributed by atoms with Crippen LogP contribution in [0.4, 0.5) is 9.57 Å². The summed E-state index contributed by atoms with van der Waals surface area (Å²) in [5.41, 5.74) is 1.61. The second kappa shape index (κ2) is 4.31. The summed E-state index contributed by atoms with van der Waals surface area (Å²) < 4.78 is 36.8. The summed E-state index contributed by atoms with van der Waals surface area (Å²) in [6, 6.07) is 7.31. The Balaban J connectivity index is 1.97. The van der Waals surface area contributed by atoms with Crippen molar-refractivity contribution in [1.82, 2.24) is 4.57 Å². The van der Waals surface area contributed by atoms with Crippen LogP contribution in [0.15, 0.2) is 30.5 Å². The fourth-order valence-corrected chi connectivity index (χ4v) is 3.22. The van der Waals surface area contributed by atoms with Crippen molar-refractivity contribution in [3.8, 4) is 0 Å². The minimum Gasteiger partial charge on any atom is -0.351 e. The van der Waals surface area contributed by atoms with E-state index in [0.717, 1.165) is 10.9 Å². The number of rotatable bonds is 2. The van der Waals surface area contributed by atoms with Crippen LogP contribution >= 0.6 is 0 Å². The smallest absolute Gasteiger partial charge is 0.307 e. The molecule has 1 amide bonds. The number of nitrogens with zero attached hydrogens (tertiary/aromatic N) is 2. The van der Waals surface area contributed by atoms with E-state index in [-0.39, 0.29) is 18.9 Å². The lowest BCUT2D eigenvalue weighted by Gasteiger charge is -2.16. The molecule has 20 heavy (non-hydrogen) atoms. The van der Waals surface area contributed by atoms with Crippen molar-refractivity contribution in [2.45, 2.75) is 11.7 Å². The van der Waals surface area contributed by atoms with Crippen molar-refractivity contribution in [2.75, 3.05) is 11.4 Å². The maximum atomic E-state index is 13.0. The van der Waals surface area contributed by atoms with Gasteiger partial charge in [0.15, 0.2) is 0 Å². The van der Waals surface area contributed by atoms with Gasteiger partial charge in [0.2, 0.25) is 5.91 Å². The zero-order valence-electron chi connectivity index (χ0n) is 10.8. The number of carbonyl (C=O) groups excluding carboxylic acids is 1. The first-order valence-electron chi connectivity index (χ1n) is 6.15. The molecule has 106 valence electrons. The average Bonchev–Trinajstić information content (AvgIpc) is 2.93. The van der Waals surface area contributed by atoms with E-state index in [1.807, 2.05) is 29.9 Å². The first-order valence-corrected chi connectivity index (χ1v) is 7.60. The molecule has 1 fully saturated rings. The number of carbonyl (C=O) groups is 1. The molecule has 0 saturated carbocycles. The van der Waals surface area contributed by atoms with Gasteiger partial charge in [-0.2, -0.15) is 8.42 Å². The Morgan fingerprint density at radius 1 is 1.30 bits per heavy atom. The van der Waals surface area contributed by atoms with Crippen LogP contribution in [0.2, 0.25) is 0 Å². The van der Waals surface area contributed by atoms with Crippen LogP contribution in [-0.2, 0) is 22.1 Å². The lowest BCUT2D eigenvalue weighted by atomic mass is 10.2. The van der Waals surface area contributed by atoms with Crippen LogP contribution < -0.4 is 4.90 Å². The topological polar surface area (TPSA) is 59.4 Å². The van der Waals surface area contributed by atoms with Gasteiger partial charge < -0.3 is 9.47 Å². The van der Waals surface area contributed by atoms with Crippen LogP contribution in [0.3, 0.4) is 0 Å². The Kier molecular flexibility index (Phi) is 2.82. The maximum absolute atomic E-state index is 13.0. The van der Waals surface area contributed by atoms with Gasteiger partial charge in [-0.15, -0.1) is 3.89 Å². The monoisotopic (exact) mass is 296 g/mol. The summed E-state index contributed by atoms with van der Waals surface area (Å²) in [6.45, 7) is -0.129. The largest absolute Gasteiger partial charge is 0.351 e. The van der Waals surface area contributed by atoms with E-state index in [0.29, 0.717) is 5.69 Å². The van der Waals surface area contributed by atoms with E-state index < -0.39 is 15.5 Å². The molecule has 0 spiro atoms. The lowest BCUT2D eigenvalue weighted by molar-refractivity contribution is -0.117. The molecule has 1 aromatic heterocycles. The molecule has 0 aliphatic carbocycles. The third kappa shape index (κ3) is 2.07. The van der Waals surface area contributed by atoms with Gasteiger partial charge >= 0.3 is 10.2 Å². The lowest BCUT2D eigenvalue weighted by Crippen LogP contribution is -2.26. The van der Waals surface area contributed by atoms with Crippen molar-refractivity contribution in [3.63, 3.8) is 0 Å². The molecule has 3 rings (SSSR count). The summed E-state index contributed by atoms with van der Waals surface area (Å²) in [5.74, 6) is -0.369. The van der Waals surface area contributed by atoms with Gasteiger partial charge in [0, 0.05) is 42.8 Å². The number of halogens is 1. The van der Waals surface area contributed by atoms with Crippen molar-refractivity contribution in [3.05, 3.63) is 30.5 Å². The molecule has 2 heterocycles. The molecule has 0 radical (unpaired) electrons. The fraction of sp³-hybridized carbons (Fsp3) is 0.308. The van der Waals surface area contributed by atoms with Gasteiger partial charge in [-0.3, -0.25) is 4.79 Å². The molecule has 1 aromatic carbocycles. The standard InChI is InChI=1S/C13H13FN2O3S/c1-15-5-4-9-6-10(2-3-12(9)15)16-8-11(7-13(16)17)20(14,18)19/h2-6,11H,7-8H2,1H3. The van der Waals surface area contributed by atoms with E-state index >= 15 is 0 Å². The first-order chi connectivity index (χ1) is 9.36. The molecule has 0 bridgehead atoms. The number of aryl methyl sites for hydroxylation is 1. The SMILES string of the molecule is Cn1ccc2cc(N3CC(S(=O)(=O)F)CC3=O)ccc21. The molecule has 5 nitrogen and oxygen atoms in total. The second-order valence-electron chi connectivity index (χ2n) is 4.98. The molecule has 2 aromatic rings. The van der Waals surface area contributed by atoms with E-state index in [2.05, 4.69) is 0 Å². The van der Waals surface area contributed by atoms with Gasteiger partial charge in [0.05, 0.1) is 0 Å². The van der Waals surface area contributed by atoms with Crippen LogP contribution in [-0.4, -0.2) is 30.7 Å². The molecular formula is C13H13FN2O3S. The second-order valence-corrected chi connectivity index (χ2v) is 6.59. The average molecular weight is 296 g/mol. The van der Waals surface area contributed by atoms with Crippen molar-refractivity contribution in [2.24, 2.45) is 7.05 Å². The summed E-state index contributed by atoms with van der Waals surface area (Å²) in [4.78, 5) is 13.2. The fourth-order valence-electron chi connectivity index (χ4n) is 2.55. The third-order valence-electron chi connectivity index (χ3n) is 3.67. The van der Waals surface area contributed by atoms with Crippen LogP contribution in [0.25, 0.3) is 10.9 Å². The third-order valence-corrected chi connectivity index (χ3v) is 4.78. The Morgan fingerprint density at radius 2 is 2.05 bits per heavy atom. The van der Waals surface area contributed by atoms with Gasteiger partial charge in [-0.05, 0) is 24.3 Å². The van der Waals surface area contributed by atoms with E-state index in [1.165, 1.54) is 4.90 Å². The Hall–Kier alpha value is -1.89. The molecule has 1 aliphatic rings. The zero-order chi connectivity index (χ0) is 14.5. The molecule has 1 aliphatic heterocycles. The first kappa shape index (κ1) is 13.1. The highest BCUT2D eigenvalue weighted by molar-refractivity contribution is 7.87. The van der Waals surface area contributed by atoms with Gasteiger partial charge in [0.1, 0.15) is 5.25 Å². The number of fused-ring (bicyclic) bond motifs is 1.